The Bertz CT molecular complexity index is 83.0. The second-order valence-electron chi connectivity index (χ2n) is 2.13. The minimum atomic E-state index is -2.79. The van der Waals surface area contributed by atoms with Crippen molar-refractivity contribution in [3.63, 3.8) is 0 Å². The second-order valence-corrected chi connectivity index (χ2v) is 2.13. The van der Waals surface area contributed by atoms with Gasteiger partial charge in [-0.05, 0) is 6.92 Å². The Morgan fingerprint density at radius 2 is 2.00 bits per heavy atom. The molecule has 1 unspecified atom stereocenters. The van der Waals surface area contributed by atoms with Crippen LogP contribution < -0.4 is 0 Å². The van der Waals surface area contributed by atoms with E-state index in [2.05, 4.69) is 0 Å². The minimum Gasteiger partial charge on any atom is -0.396 e. The van der Waals surface area contributed by atoms with E-state index in [0.29, 0.717) is 0 Å². The van der Waals surface area contributed by atoms with E-state index in [-0.39, 0.29) is 6.42 Å². The van der Waals surface area contributed by atoms with Crippen molar-refractivity contribution in [2.75, 3.05) is 6.61 Å². The van der Waals surface area contributed by atoms with Crippen molar-refractivity contribution >= 4 is 0 Å². The number of hydrogen-bond donors (Lipinski definition) is 2. The molecule has 0 amide bonds. The van der Waals surface area contributed by atoms with E-state index in [1.807, 2.05) is 0 Å². The largest absolute Gasteiger partial charge is 0.396 e. The summed E-state index contributed by atoms with van der Waals surface area (Å²) in [5, 5.41) is 16.8. The van der Waals surface area contributed by atoms with Crippen LogP contribution >= 0.6 is 0 Å². The summed E-state index contributed by atoms with van der Waals surface area (Å²) in [5.74, 6) is 0. The first-order chi connectivity index (χ1) is 4.00. The molecule has 4 heteroatoms. The summed E-state index contributed by atoms with van der Waals surface area (Å²) in [6, 6.07) is 0. The zero-order valence-electron chi connectivity index (χ0n) is 5.14. The molecule has 0 saturated heterocycles. The van der Waals surface area contributed by atoms with Crippen molar-refractivity contribution in [1.29, 1.82) is 0 Å². The zero-order valence-corrected chi connectivity index (χ0v) is 5.14. The molecule has 0 rings (SSSR count). The predicted octanol–water partition coefficient (Wildman–Crippen LogP) is 0.385. The average Bonchev–Trinajstić information content (AvgIpc) is 1.65. The summed E-state index contributed by atoms with van der Waals surface area (Å²) < 4.78 is 23.3. The van der Waals surface area contributed by atoms with Gasteiger partial charge in [-0.1, -0.05) is 0 Å². The molecule has 0 aliphatic rings. The van der Waals surface area contributed by atoms with Gasteiger partial charge in [-0.3, -0.25) is 0 Å². The molecule has 0 aromatic carbocycles. The molecule has 0 bridgehead atoms. The number of rotatable bonds is 3. The minimum absolute atomic E-state index is 0.287. The molecular formula is C5H10F2O2. The smallest absolute Gasteiger partial charge is 0.266 e. The summed E-state index contributed by atoms with van der Waals surface area (Å²) in [6.07, 6.45) is -3.07. The number of aliphatic hydroxyl groups is 2. The second kappa shape index (κ2) is 3.08. The van der Waals surface area contributed by atoms with E-state index in [0.717, 1.165) is 6.92 Å². The fraction of sp³-hybridized carbons (Fsp3) is 1.00. The molecule has 0 aliphatic carbocycles. The van der Waals surface area contributed by atoms with E-state index in [1.165, 1.54) is 0 Å². The van der Waals surface area contributed by atoms with Gasteiger partial charge in [-0.15, -0.1) is 0 Å². The monoisotopic (exact) mass is 140 g/mol. The molecule has 0 heterocycles. The topological polar surface area (TPSA) is 40.5 Å². The van der Waals surface area contributed by atoms with Crippen molar-refractivity contribution in [1.82, 2.24) is 0 Å². The lowest BCUT2D eigenvalue weighted by atomic mass is 10.0. The van der Waals surface area contributed by atoms with Crippen LogP contribution in [0, 0.1) is 0 Å². The van der Waals surface area contributed by atoms with Crippen molar-refractivity contribution in [2.24, 2.45) is 0 Å². The van der Waals surface area contributed by atoms with Gasteiger partial charge in [0.1, 0.15) is 5.60 Å². The third kappa shape index (κ3) is 2.72. The standard InChI is InChI=1S/C5H10F2O2/c1-5(9,2-3-8)4(6)7/h4,8-9H,2-3H2,1H3. The molecule has 2 N–H and O–H groups in total. The third-order valence-corrected chi connectivity index (χ3v) is 1.09. The van der Waals surface area contributed by atoms with Crippen molar-refractivity contribution < 1.29 is 19.0 Å². The van der Waals surface area contributed by atoms with Gasteiger partial charge in [0.2, 0.25) is 0 Å². The Labute approximate surface area is 52.1 Å². The molecule has 9 heavy (non-hydrogen) atoms. The van der Waals surface area contributed by atoms with Crippen LogP contribution in [-0.2, 0) is 0 Å². The first kappa shape index (κ1) is 8.78. The Balaban J connectivity index is 3.70. The summed E-state index contributed by atoms with van der Waals surface area (Å²) >= 11 is 0. The molecule has 0 aromatic rings. The molecule has 0 spiro atoms. The number of aliphatic hydroxyl groups excluding tert-OH is 1. The quantitative estimate of drug-likeness (QED) is 0.595. The van der Waals surface area contributed by atoms with Crippen LogP contribution in [0.1, 0.15) is 13.3 Å². The lowest BCUT2D eigenvalue weighted by molar-refractivity contribution is -0.0939. The number of halogens is 2. The van der Waals surface area contributed by atoms with Gasteiger partial charge < -0.3 is 10.2 Å². The van der Waals surface area contributed by atoms with E-state index in [1.54, 1.807) is 0 Å². The van der Waals surface area contributed by atoms with Crippen LogP contribution in [0.5, 0.6) is 0 Å². The Morgan fingerprint density at radius 3 is 2.11 bits per heavy atom. The zero-order chi connectivity index (χ0) is 7.49. The molecular weight excluding hydrogens is 130 g/mol. The average molecular weight is 140 g/mol. The molecule has 0 radical (unpaired) electrons. The van der Waals surface area contributed by atoms with E-state index < -0.39 is 18.6 Å². The number of alkyl halides is 2. The third-order valence-electron chi connectivity index (χ3n) is 1.09. The van der Waals surface area contributed by atoms with Crippen molar-refractivity contribution in [3.05, 3.63) is 0 Å². The fourth-order valence-corrected chi connectivity index (χ4v) is 0.335. The van der Waals surface area contributed by atoms with Gasteiger partial charge in [0.15, 0.2) is 0 Å². The maximum Gasteiger partial charge on any atom is 0.266 e. The lowest BCUT2D eigenvalue weighted by Crippen LogP contribution is -2.34. The Morgan fingerprint density at radius 1 is 1.56 bits per heavy atom. The first-order valence-corrected chi connectivity index (χ1v) is 2.62. The molecule has 1 atom stereocenters. The maximum absolute atomic E-state index is 11.6. The van der Waals surface area contributed by atoms with Gasteiger partial charge in [-0.2, -0.15) is 0 Å². The van der Waals surface area contributed by atoms with Crippen LogP contribution in [0.4, 0.5) is 8.78 Å². The molecule has 2 nitrogen and oxygen atoms in total. The van der Waals surface area contributed by atoms with Crippen LogP contribution in [0.3, 0.4) is 0 Å². The van der Waals surface area contributed by atoms with Crippen molar-refractivity contribution in [2.45, 2.75) is 25.4 Å². The van der Waals surface area contributed by atoms with E-state index in [4.69, 9.17) is 10.2 Å². The van der Waals surface area contributed by atoms with Crippen LogP contribution in [-0.4, -0.2) is 28.8 Å². The number of hydrogen-bond acceptors (Lipinski definition) is 2. The summed E-state index contributed by atoms with van der Waals surface area (Å²) in [6.45, 7) is 0.575. The van der Waals surface area contributed by atoms with Crippen LogP contribution in [0.25, 0.3) is 0 Å². The van der Waals surface area contributed by atoms with Gasteiger partial charge in [-0.25, -0.2) is 8.78 Å². The van der Waals surface area contributed by atoms with Gasteiger partial charge in [0.05, 0.1) is 0 Å². The van der Waals surface area contributed by atoms with Gasteiger partial charge >= 0.3 is 0 Å². The first-order valence-electron chi connectivity index (χ1n) is 2.62. The highest BCUT2D eigenvalue weighted by atomic mass is 19.3. The maximum atomic E-state index is 11.6. The molecule has 56 valence electrons. The fourth-order valence-electron chi connectivity index (χ4n) is 0.335. The Hall–Kier alpha value is -0.220. The van der Waals surface area contributed by atoms with Gasteiger partial charge in [0, 0.05) is 13.0 Å². The predicted molar refractivity (Wildman–Crippen MR) is 28.3 cm³/mol. The summed E-state index contributed by atoms with van der Waals surface area (Å²) in [7, 11) is 0. The SMILES string of the molecule is CC(O)(CCO)C(F)F. The van der Waals surface area contributed by atoms with Crippen LogP contribution in [0.15, 0.2) is 0 Å². The molecule has 0 aromatic heterocycles. The van der Waals surface area contributed by atoms with Crippen LogP contribution in [0.2, 0.25) is 0 Å². The Kier molecular flexibility index (Phi) is 3.00. The highest BCUT2D eigenvalue weighted by Crippen LogP contribution is 2.17. The van der Waals surface area contributed by atoms with E-state index >= 15 is 0 Å². The normalized spacial score (nSPS) is 18.0. The highest BCUT2D eigenvalue weighted by molar-refractivity contribution is 4.74. The van der Waals surface area contributed by atoms with Crippen molar-refractivity contribution in [3.8, 4) is 0 Å². The summed E-state index contributed by atoms with van der Waals surface area (Å²) in [5.41, 5.74) is -2.03. The molecule has 0 saturated carbocycles. The van der Waals surface area contributed by atoms with Gasteiger partial charge in [0.25, 0.3) is 6.43 Å². The molecule has 0 aliphatic heterocycles. The summed E-state index contributed by atoms with van der Waals surface area (Å²) in [4.78, 5) is 0. The van der Waals surface area contributed by atoms with E-state index in [9.17, 15) is 8.78 Å². The highest BCUT2D eigenvalue weighted by Gasteiger charge is 2.30. The molecule has 0 fully saturated rings. The lowest BCUT2D eigenvalue weighted by Gasteiger charge is -2.20.